The monoisotopic (exact) mass is 511 g/mol. The predicted octanol–water partition coefficient (Wildman–Crippen LogP) is 5.43. The van der Waals surface area contributed by atoms with Crippen LogP contribution in [0.25, 0.3) is 0 Å². The predicted molar refractivity (Wildman–Crippen MR) is 138 cm³/mol. The van der Waals surface area contributed by atoms with E-state index in [1.165, 1.54) is 5.56 Å². The molecule has 8 heteroatoms. The third-order valence-corrected chi connectivity index (χ3v) is 6.44. The maximum atomic E-state index is 12.6. The van der Waals surface area contributed by atoms with Gasteiger partial charge in [0.1, 0.15) is 0 Å². The van der Waals surface area contributed by atoms with Gasteiger partial charge in [0.2, 0.25) is 0 Å². The van der Waals surface area contributed by atoms with Crippen LogP contribution in [0, 0.1) is 0 Å². The zero-order valence-corrected chi connectivity index (χ0v) is 20.7. The van der Waals surface area contributed by atoms with Crippen molar-refractivity contribution < 1.29 is 14.3 Å². The van der Waals surface area contributed by atoms with E-state index < -0.39 is 5.91 Å². The van der Waals surface area contributed by atoms with Crippen LogP contribution >= 0.6 is 23.2 Å². The Morgan fingerprint density at radius 3 is 2.29 bits per heavy atom. The van der Waals surface area contributed by atoms with E-state index in [2.05, 4.69) is 22.0 Å². The molecule has 0 unspecified atom stereocenters. The molecule has 0 saturated heterocycles. The minimum absolute atomic E-state index is 0.00795. The zero-order chi connectivity index (χ0) is 24.6. The van der Waals surface area contributed by atoms with Crippen molar-refractivity contribution >= 4 is 35.1 Å². The van der Waals surface area contributed by atoms with Crippen molar-refractivity contribution in [1.29, 1.82) is 0 Å². The van der Waals surface area contributed by atoms with E-state index in [-0.39, 0.29) is 40.8 Å². The molecule has 1 aliphatic carbocycles. The number of carbonyl (C=O) groups is 2. The highest BCUT2D eigenvalue weighted by Crippen LogP contribution is 2.30. The van der Waals surface area contributed by atoms with Crippen molar-refractivity contribution in [3.05, 3.63) is 105 Å². The minimum atomic E-state index is -0.399. The first kappa shape index (κ1) is 25.0. The van der Waals surface area contributed by atoms with Crippen LogP contribution < -0.4 is 16.0 Å². The molecule has 3 amide bonds. The van der Waals surface area contributed by atoms with Gasteiger partial charge in [0, 0.05) is 13.1 Å². The van der Waals surface area contributed by atoms with Crippen LogP contribution in [0.1, 0.15) is 45.1 Å². The van der Waals surface area contributed by atoms with Crippen molar-refractivity contribution in [1.82, 2.24) is 16.0 Å². The number of ether oxygens (including phenoxy) is 1. The molecule has 4 rings (SSSR count). The second kappa shape index (κ2) is 12.1. The van der Waals surface area contributed by atoms with Crippen molar-refractivity contribution in [2.75, 3.05) is 13.1 Å². The summed E-state index contributed by atoms with van der Waals surface area (Å²) in [4.78, 5) is 24.9. The molecule has 0 fully saturated rings. The summed E-state index contributed by atoms with van der Waals surface area (Å²) in [6.07, 6.45) is 1.84. The Hall–Kier alpha value is -3.06. The molecule has 6 nitrogen and oxygen atoms in total. The zero-order valence-electron chi connectivity index (χ0n) is 19.2. The molecule has 35 heavy (non-hydrogen) atoms. The Balaban J connectivity index is 1.21. The first-order chi connectivity index (χ1) is 17.0. The van der Waals surface area contributed by atoms with Crippen LogP contribution in [-0.2, 0) is 24.4 Å². The van der Waals surface area contributed by atoms with Gasteiger partial charge in [-0.15, -0.1) is 0 Å². The smallest absolute Gasteiger partial charge is 0.315 e. The normalized spacial score (nSPS) is 14.3. The standard InChI is InChI=1S/C27H27Cl2N3O3/c28-22-14-19(17-35-16-18-6-2-1-3-7-18)15-23(29)25(22)26(33)30-12-13-31-27(34)32-24-11-10-20-8-4-5-9-21(20)24/h1-9,14-15,24H,10-13,16-17H2,(H,30,33)(H2,31,32,34)/t24-/m1/s1. The van der Waals surface area contributed by atoms with Gasteiger partial charge in [0.15, 0.2) is 0 Å². The molecule has 0 aromatic heterocycles. The average Bonchev–Trinajstić information content (AvgIpc) is 3.25. The number of aryl methyl sites for hydroxylation is 1. The summed E-state index contributed by atoms with van der Waals surface area (Å²) in [6, 6.07) is 21.1. The first-order valence-corrected chi connectivity index (χ1v) is 12.3. The summed E-state index contributed by atoms with van der Waals surface area (Å²) in [5.74, 6) is -0.399. The van der Waals surface area contributed by atoms with Gasteiger partial charge in [-0.25, -0.2) is 4.79 Å². The Bertz CT molecular complexity index is 1160. The fraction of sp³-hybridized carbons (Fsp3) is 0.259. The lowest BCUT2D eigenvalue weighted by molar-refractivity contribution is 0.0953. The number of rotatable bonds is 9. The number of amides is 3. The number of hydrogen-bond acceptors (Lipinski definition) is 3. The molecule has 1 atom stereocenters. The third kappa shape index (κ3) is 6.75. The number of carbonyl (C=O) groups excluding carboxylic acids is 2. The molecular formula is C27H27Cl2N3O3. The Labute approximate surface area is 215 Å². The van der Waals surface area contributed by atoms with Gasteiger partial charge < -0.3 is 20.7 Å². The van der Waals surface area contributed by atoms with Crippen molar-refractivity contribution in [3.8, 4) is 0 Å². The lowest BCUT2D eigenvalue weighted by Crippen LogP contribution is -2.41. The van der Waals surface area contributed by atoms with Crippen molar-refractivity contribution in [2.45, 2.75) is 32.1 Å². The molecule has 3 aromatic carbocycles. The van der Waals surface area contributed by atoms with E-state index >= 15 is 0 Å². The second-order valence-corrected chi connectivity index (χ2v) is 9.17. The fourth-order valence-electron chi connectivity index (χ4n) is 4.14. The molecular weight excluding hydrogens is 485 g/mol. The molecule has 0 radical (unpaired) electrons. The maximum absolute atomic E-state index is 12.6. The summed E-state index contributed by atoms with van der Waals surface area (Å²) in [5.41, 5.74) is 4.48. The highest BCUT2D eigenvalue weighted by molar-refractivity contribution is 6.39. The molecule has 1 aliphatic rings. The summed E-state index contributed by atoms with van der Waals surface area (Å²) in [5, 5.41) is 9.01. The maximum Gasteiger partial charge on any atom is 0.315 e. The Morgan fingerprint density at radius 1 is 0.857 bits per heavy atom. The van der Waals surface area contributed by atoms with Crippen LogP contribution in [0.15, 0.2) is 66.7 Å². The molecule has 0 aliphatic heterocycles. The highest BCUT2D eigenvalue weighted by Gasteiger charge is 2.23. The number of hydrogen-bond donors (Lipinski definition) is 3. The van der Waals surface area contributed by atoms with Crippen LogP contribution in [-0.4, -0.2) is 25.0 Å². The number of fused-ring (bicyclic) bond motifs is 1. The van der Waals surface area contributed by atoms with E-state index in [0.717, 1.165) is 29.5 Å². The summed E-state index contributed by atoms with van der Waals surface area (Å²) < 4.78 is 5.72. The minimum Gasteiger partial charge on any atom is -0.372 e. The molecule has 0 saturated carbocycles. The second-order valence-electron chi connectivity index (χ2n) is 8.36. The Kier molecular flexibility index (Phi) is 8.64. The molecule has 0 bridgehead atoms. The lowest BCUT2D eigenvalue weighted by Gasteiger charge is -2.15. The molecule has 3 N–H and O–H groups in total. The van der Waals surface area contributed by atoms with Gasteiger partial charge in [0.25, 0.3) is 5.91 Å². The Morgan fingerprint density at radius 2 is 1.51 bits per heavy atom. The summed E-state index contributed by atoms with van der Waals surface area (Å²) in [7, 11) is 0. The lowest BCUT2D eigenvalue weighted by atomic mass is 10.1. The average molecular weight is 512 g/mol. The van der Waals surface area contributed by atoms with Gasteiger partial charge in [-0.1, -0.05) is 77.8 Å². The van der Waals surface area contributed by atoms with E-state index in [1.54, 1.807) is 12.1 Å². The van der Waals surface area contributed by atoms with Gasteiger partial charge in [0.05, 0.1) is 34.9 Å². The molecule has 3 aromatic rings. The number of urea groups is 1. The van der Waals surface area contributed by atoms with Crippen LogP contribution in [0.4, 0.5) is 4.79 Å². The van der Waals surface area contributed by atoms with E-state index in [0.29, 0.717) is 13.2 Å². The van der Waals surface area contributed by atoms with Gasteiger partial charge in [-0.05, 0) is 47.2 Å². The number of benzene rings is 3. The van der Waals surface area contributed by atoms with Crippen molar-refractivity contribution in [2.24, 2.45) is 0 Å². The van der Waals surface area contributed by atoms with Crippen LogP contribution in [0.2, 0.25) is 10.0 Å². The van der Waals surface area contributed by atoms with Gasteiger partial charge >= 0.3 is 6.03 Å². The summed E-state index contributed by atoms with van der Waals surface area (Å²) >= 11 is 12.7. The molecule has 0 heterocycles. The number of halogens is 2. The van der Waals surface area contributed by atoms with Crippen molar-refractivity contribution in [3.63, 3.8) is 0 Å². The molecule has 182 valence electrons. The van der Waals surface area contributed by atoms with Crippen LogP contribution in [0.5, 0.6) is 0 Å². The topological polar surface area (TPSA) is 79.5 Å². The third-order valence-electron chi connectivity index (χ3n) is 5.84. The van der Waals surface area contributed by atoms with E-state index in [4.69, 9.17) is 27.9 Å². The van der Waals surface area contributed by atoms with E-state index in [1.807, 2.05) is 48.5 Å². The van der Waals surface area contributed by atoms with Gasteiger partial charge in [-0.3, -0.25) is 4.79 Å². The fourth-order valence-corrected chi connectivity index (χ4v) is 4.85. The number of nitrogens with one attached hydrogen (secondary N) is 3. The first-order valence-electron chi connectivity index (χ1n) is 11.5. The highest BCUT2D eigenvalue weighted by atomic mass is 35.5. The SMILES string of the molecule is O=C(NCCNC(=O)c1c(Cl)cc(COCc2ccccc2)cc1Cl)N[C@@H]1CCc2ccccc21. The van der Waals surface area contributed by atoms with Gasteiger partial charge in [-0.2, -0.15) is 0 Å². The summed E-state index contributed by atoms with van der Waals surface area (Å²) in [6.45, 7) is 1.29. The molecule has 0 spiro atoms. The van der Waals surface area contributed by atoms with Crippen LogP contribution in [0.3, 0.4) is 0 Å². The van der Waals surface area contributed by atoms with E-state index in [9.17, 15) is 9.59 Å². The largest absolute Gasteiger partial charge is 0.372 e. The quantitative estimate of drug-likeness (QED) is 0.335.